The van der Waals surface area contributed by atoms with Gasteiger partial charge in [0, 0.05) is 50.4 Å². The number of hydrogen-bond acceptors (Lipinski definition) is 4. The van der Waals surface area contributed by atoms with E-state index in [0.29, 0.717) is 45.8 Å². The van der Waals surface area contributed by atoms with Gasteiger partial charge in [-0.05, 0) is 50.1 Å². The minimum atomic E-state index is -0.639. The molecule has 1 aromatic heterocycles. The summed E-state index contributed by atoms with van der Waals surface area (Å²) in [5, 5.41) is 5.53. The number of nitrogens with one attached hydrogen (secondary N) is 3. The van der Waals surface area contributed by atoms with Crippen molar-refractivity contribution in [1.82, 2.24) is 15.2 Å². The first-order valence-electron chi connectivity index (χ1n) is 10.2. The second-order valence-electron chi connectivity index (χ2n) is 7.87. The van der Waals surface area contributed by atoms with E-state index in [1.807, 2.05) is 0 Å². The molecule has 0 saturated heterocycles. The van der Waals surface area contributed by atoms with Crippen LogP contribution in [0, 0.1) is 19.7 Å². The zero-order valence-corrected chi connectivity index (χ0v) is 18.8. The number of nitrogens with zero attached hydrogens (tertiary/aromatic N) is 1. The molecule has 32 heavy (non-hydrogen) atoms. The number of halogens is 1. The summed E-state index contributed by atoms with van der Waals surface area (Å²) >= 11 is 0. The van der Waals surface area contributed by atoms with Crippen molar-refractivity contribution in [3.8, 4) is 0 Å². The van der Waals surface area contributed by atoms with Gasteiger partial charge in [0.2, 0.25) is 0 Å². The van der Waals surface area contributed by atoms with Gasteiger partial charge in [-0.25, -0.2) is 4.39 Å². The molecule has 0 bridgehead atoms. The Balaban J connectivity index is 1.78. The number of carbonyl (C=O) groups excluding carboxylic acids is 3. The molecule has 0 radical (unpaired) electrons. The number of anilines is 1. The minimum absolute atomic E-state index is 0.170. The van der Waals surface area contributed by atoms with Crippen molar-refractivity contribution >= 4 is 35.1 Å². The molecule has 1 atom stereocenters. The van der Waals surface area contributed by atoms with E-state index in [2.05, 4.69) is 15.6 Å². The SMILES string of the molecule is CO[C@@H](CCNC(=O)c1c(C)[nH]c(/C=C2\C(=O)Nc3ccc(F)cc32)c1C)C(=O)N(C)C. The minimum Gasteiger partial charge on any atom is -0.372 e. The molecule has 0 aliphatic carbocycles. The number of benzene rings is 1. The van der Waals surface area contributed by atoms with E-state index in [-0.39, 0.29) is 24.3 Å². The highest BCUT2D eigenvalue weighted by Crippen LogP contribution is 2.34. The number of fused-ring (bicyclic) bond motifs is 1. The van der Waals surface area contributed by atoms with Crippen LogP contribution in [0.1, 0.15) is 39.3 Å². The Morgan fingerprint density at radius 1 is 1.28 bits per heavy atom. The maximum Gasteiger partial charge on any atom is 0.256 e. The number of H-pyrrole nitrogens is 1. The number of ether oxygens (including phenoxy) is 1. The van der Waals surface area contributed by atoms with E-state index in [9.17, 15) is 18.8 Å². The van der Waals surface area contributed by atoms with E-state index in [1.54, 1.807) is 34.0 Å². The fourth-order valence-electron chi connectivity index (χ4n) is 3.74. The summed E-state index contributed by atoms with van der Waals surface area (Å²) in [5.74, 6) is -1.24. The lowest BCUT2D eigenvalue weighted by atomic mass is 10.0. The van der Waals surface area contributed by atoms with Crippen LogP contribution >= 0.6 is 0 Å². The zero-order chi connectivity index (χ0) is 23.6. The number of hydrogen-bond donors (Lipinski definition) is 3. The van der Waals surface area contributed by atoms with E-state index in [0.717, 1.165) is 0 Å². The molecular formula is C23H27FN4O4. The Hall–Kier alpha value is -3.46. The largest absolute Gasteiger partial charge is 0.372 e. The topological polar surface area (TPSA) is 104 Å². The Kier molecular flexibility index (Phi) is 6.78. The third-order valence-electron chi connectivity index (χ3n) is 5.45. The summed E-state index contributed by atoms with van der Waals surface area (Å²) in [5.41, 5.74) is 3.69. The highest BCUT2D eigenvalue weighted by molar-refractivity contribution is 6.34. The molecule has 3 rings (SSSR count). The first-order valence-corrected chi connectivity index (χ1v) is 10.2. The molecule has 1 aliphatic rings. The summed E-state index contributed by atoms with van der Waals surface area (Å²) in [6.45, 7) is 3.80. The van der Waals surface area contributed by atoms with Crippen LogP contribution in [0.3, 0.4) is 0 Å². The standard InChI is InChI=1S/C23H27FN4O4/c1-12-18(11-16-15-10-14(24)6-7-17(15)27-21(16)29)26-13(2)20(12)22(30)25-9-8-19(32-5)23(31)28(3)4/h6-7,10-11,19,26H,8-9H2,1-5H3,(H,25,30)(H,27,29)/b16-11-/t19-/m0/s1. The van der Waals surface area contributed by atoms with Crippen LogP contribution < -0.4 is 10.6 Å². The molecule has 0 fully saturated rings. The molecule has 3 amide bonds. The predicted octanol–water partition coefficient (Wildman–Crippen LogP) is 2.49. The van der Waals surface area contributed by atoms with Gasteiger partial charge in [-0.1, -0.05) is 0 Å². The Labute approximate surface area is 185 Å². The average molecular weight is 442 g/mol. The van der Waals surface area contributed by atoms with Crippen LogP contribution in [0.2, 0.25) is 0 Å². The highest BCUT2D eigenvalue weighted by Gasteiger charge is 2.26. The third-order valence-corrected chi connectivity index (χ3v) is 5.45. The number of methoxy groups -OCH3 is 1. The monoisotopic (exact) mass is 442 g/mol. The number of aryl methyl sites for hydroxylation is 1. The third kappa shape index (κ3) is 4.57. The van der Waals surface area contributed by atoms with Crippen LogP contribution in [0.5, 0.6) is 0 Å². The lowest BCUT2D eigenvalue weighted by Gasteiger charge is -2.19. The summed E-state index contributed by atoms with van der Waals surface area (Å²) in [6, 6.07) is 4.11. The Bertz CT molecular complexity index is 1100. The van der Waals surface area contributed by atoms with E-state index in [4.69, 9.17) is 4.74 Å². The highest BCUT2D eigenvalue weighted by atomic mass is 19.1. The molecule has 3 N–H and O–H groups in total. The Morgan fingerprint density at radius 2 is 2.00 bits per heavy atom. The van der Waals surface area contributed by atoms with Crippen LogP contribution in [-0.4, -0.2) is 61.5 Å². The lowest BCUT2D eigenvalue weighted by molar-refractivity contribution is -0.139. The number of likely N-dealkylation sites (N-methyl/N-ethyl adjacent to an activating group) is 1. The molecule has 0 unspecified atom stereocenters. The number of amides is 3. The van der Waals surface area contributed by atoms with Gasteiger partial charge in [-0.3, -0.25) is 14.4 Å². The van der Waals surface area contributed by atoms with E-state index in [1.165, 1.54) is 30.2 Å². The van der Waals surface area contributed by atoms with Crippen LogP contribution in [0.15, 0.2) is 18.2 Å². The second kappa shape index (κ2) is 9.35. The van der Waals surface area contributed by atoms with Crippen LogP contribution in [-0.2, 0) is 14.3 Å². The zero-order valence-electron chi connectivity index (χ0n) is 18.8. The molecule has 0 spiro atoms. The predicted molar refractivity (Wildman–Crippen MR) is 120 cm³/mol. The van der Waals surface area contributed by atoms with Crippen molar-refractivity contribution in [3.05, 3.63) is 52.1 Å². The van der Waals surface area contributed by atoms with E-state index >= 15 is 0 Å². The molecule has 1 aromatic carbocycles. The molecule has 0 saturated carbocycles. The summed E-state index contributed by atoms with van der Waals surface area (Å²) < 4.78 is 18.9. The first-order chi connectivity index (χ1) is 15.1. The van der Waals surface area contributed by atoms with Gasteiger partial charge in [0.05, 0.1) is 11.1 Å². The van der Waals surface area contributed by atoms with Crippen LogP contribution in [0.4, 0.5) is 10.1 Å². The summed E-state index contributed by atoms with van der Waals surface area (Å²) in [6.07, 6.45) is 1.32. The van der Waals surface area contributed by atoms with Gasteiger partial charge in [-0.2, -0.15) is 0 Å². The molecule has 2 heterocycles. The van der Waals surface area contributed by atoms with Gasteiger partial charge in [0.25, 0.3) is 17.7 Å². The number of rotatable bonds is 7. The molecule has 1 aliphatic heterocycles. The van der Waals surface area contributed by atoms with Gasteiger partial charge in [0.15, 0.2) is 0 Å². The smallest absolute Gasteiger partial charge is 0.256 e. The van der Waals surface area contributed by atoms with Gasteiger partial charge < -0.3 is 25.3 Å². The molecule has 9 heteroatoms. The van der Waals surface area contributed by atoms with Gasteiger partial charge in [0.1, 0.15) is 11.9 Å². The maximum atomic E-state index is 13.7. The van der Waals surface area contributed by atoms with Crippen LogP contribution in [0.25, 0.3) is 11.6 Å². The fourth-order valence-corrected chi connectivity index (χ4v) is 3.74. The van der Waals surface area contributed by atoms with Crippen molar-refractivity contribution in [1.29, 1.82) is 0 Å². The van der Waals surface area contributed by atoms with E-state index < -0.39 is 11.9 Å². The average Bonchev–Trinajstić information content (AvgIpc) is 3.20. The quantitative estimate of drug-likeness (QED) is 0.573. The summed E-state index contributed by atoms with van der Waals surface area (Å²) in [4.78, 5) is 41.8. The number of aromatic nitrogens is 1. The van der Waals surface area contributed by atoms with Crippen molar-refractivity contribution in [2.45, 2.75) is 26.4 Å². The fraction of sp³-hybridized carbons (Fsp3) is 0.348. The molecular weight excluding hydrogens is 415 g/mol. The van der Waals surface area contributed by atoms with Crippen molar-refractivity contribution < 1.29 is 23.5 Å². The van der Waals surface area contributed by atoms with Crippen molar-refractivity contribution in [2.75, 3.05) is 33.1 Å². The summed E-state index contributed by atoms with van der Waals surface area (Å²) in [7, 11) is 4.75. The molecule has 170 valence electrons. The lowest BCUT2D eigenvalue weighted by Crippen LogP contribution is -2.38. The normalized spacial score (nSPS) is 14.8. The van der Waals surface area contributed by atoms with Crippen molar-refractivity contribution in [3.63, 3.8) is 0 Å². The van der Waals surface area contributed by atoms with Gasteiger partial charge in [-0.15, -0.1) is 0 Å². The second-order valence-corrected chi connectivity index (χ2v) is 7.87. The first kappa shape index (κ1) is 23.2. The maximum absolute atomic E-state index is 13.7. The Morgan fingerprint density at radius 3 is 2.66 bits per heavy atom. The molecule has 8 nitrogen and oxygen atoms in total. The van der Waals surface area contributed by atoms with Gasteiger partial charge >= 0.3 is 0 Å². The number of carbonyl (C=O) groups is 3. The van der Waals surface area contributed by atoms with Crippen molar-refractivity contribution in [2.24, 2.45) is 0 Å². The number of aromatic amines is 1. The molecule has 2 aromatic rings.